The Bertz CT molecular complexity index is 875. The van der Waals surface area contributed by atoms with E-state index >= 15 is 0 Å². The lowest BCUT2D eigenvalue weighted by atomic mass is 10.1. The summed E-state index contributed by atoms with van der Waals surface area (Å²) < 4.78 is 1.22. The van der Waals surface area contributed by atoms with Gasteiger partial charge in [0.15, 0.2) is 0 Å². The Kier molecular flexibility index (Phi) is 2.67. The predicted molar refractivity (Wildman–Crippen MR) is 85.2 cm³/mol. The summed E-state index contributed by atoms with van der Waals surface area (Å²) >= 11 is 1.67. The molecular formula is C16H13N3S. The SMILES string of the molecule is c1cc(CNc2ccc3ncsc3c2)c2[nH]ccc2c1. The van der Waals surface area contributed by atoms with Gasteiger partial charge in [0.25, 0.3) is 0 Å². The zero-order chi connectivity index (χ0) is 13.4. The molecular weight excluding hydrogens is 266 g/mol. The van der Waals surface area contributed by atoms with Gasteiger partial charge in [-0.25, -0.2) is 4.98 Å². The molecule has 0 bridgehead atoms. The number of aromatic nitrogens is 2. The van der Waals surface area contributed by atoms with Crippen molar-refractivity contribution in [3.05, 3.63) is 59.7 Å². The number of hydrogen-bond acceptors (Lipinski definition) is 3. The van der Waals surface area contributed by atoms with Gasteiger partial charge in [0.05, 0.1) is 21.2 Å². The van der Waals surface area contributed by atoms with Gasteiger partial charge in [-0.05, 0) is 35.2 Å². The third-order valence-electron chi connectivity index (χ3n) is 3.49. The molecule has 4 aromatic rings. The van der Waals surface area contributed by atoms with Crippen LogP contribution < -0.4 is 5.32 Å². The van der Waals surface area contributed by atoms with Crippen LogP contribution in [0.2, 0.25) is 0 Å². The third-order valence-corrected chi connectivity index (χ3v) is 4.28. The maximum atomic E-state index is 4.30. The van der Waals surface area contributed by atoms with Gasteiger partial charge in [0.2, 0.25) is 0 Å². The lowest BCUT2D eigenvalue weighted by Gasteiger charge is -2.07. The molecule has 0 saturated carbocycles. The van der Waals surface area contributed by atoms with Crippen LogP contribution in [0, 0.1) is 0 Å². The van der Waals surface area contributed by atoms with Crippen LogP contribution in [0.25, 0.3) is 21.1 Å². The van der Waals surface area contributed by atoms with Crippen molar-refractivity contribution in [2.45, 2.75) is 6.54 Å². The number of fused-ring (bicyclic) bond motifs is 2. The largest absolute Gasteiger partial charge is 0.381 e. The van der Waals surface area contributed by atoms with Crippen LogP contribution in [0.15, 0.2) is 54.2 Å². The number of benzene rings is 2. The van der Waals surface area contributed by atoms with E-state index < -0.39 is 0 Å². The topological polar surface area (TPSA) is 40.7 Å². The fourth-order valence-corrected chi connectivity index (χ4v) is 3.18. The van der Waals surface area contributed by atoms with E-state index in [0.717, 1.165) is 17.7 Å². The molecule has 0 saturated heterocycles. The summed E-state index contributed by atoms with van der Waals surface area (Å²) in [6.07, 6.45) is 1.98. The van der Waals surface area contributed by atoms with Crippen molar-refractivity contribution < 1.29 is 0 Å². The van der Waals surface area contributed by atoms with Crippen LogP contribution in [-0.2, 0) is 6.54 Å². The van der Waals surface area contributed by atoms with Crippen LogP contribution >= 0.6 is 11.3 Å². The van der Waals surface area contributed by atoms with E-state index in [1.165, 1.54) is 21.2 Å². The van der Waals surface area contributed by atoms with Gasteiger partial charge >= 0.3 is 0 Å². The van der Waals surface area contributed by atoms with E-state index in [1.807, 2.05) is 11.7 Å². The average molecular weight is 279 g/mol. The molecule has 2 N–H and O–H groups in total. The standard InChI is InChI=1S/C16H13N3S/c1-2-11-6-7-17-16(11)12(3-1)9-18-13-4-5-14-15(8-13)20-10-19-14/h1-8,10,17-18H,9H2. The van der Waals surface area contributed by atoms with Crippen LogP contribution in [0.3, 0.4) is 0 Å². The van der Waals surface area contributed by atoms with Crippen molar-refractivity contribution in [2.24, 2.45) is 0 Å². The summed E-state index contributed by atoms with van der Waals surface area (Å²) in [4.78, 5) is 7.60. The van der Waals surface area contributed by atoms with Crippen molar-refractivity contribution in [3.8, 4) is 0 Å². The minimum atomic E-state index is 0.808. The number of hydrogen-bond donors (Lipinski definition) is 2. The second kappa shape index (κ2) is 4.65. The van der Waals surface area contributed by atoms with Crippen molar-refractivity contribution in [1.29, 1.82) is 0 Å². The molecule has 0 unspecified atom stereocenters. The first-order chi connectivity index (χ1) is 9.90. The van der Waals surface area contributed by atoms with Gasteiger partial charge in [-0.1, -0.05) is 18.2 Å². The minimum absolute atomic E-state index is 0.808. The van der Waals surface area contributed by atoms with Gasteiger partial charge in [0, 0.05) is 18.4 Å². The van der Waals surface area contributed by atoms with E-state index in [1.54, 1.807) is 11.3 Å². The van der Waals surface area contributed by atoms with Crippen molar-refractivity contribution in [1.82, 2.24) is 9.97 Å². The Balaban J connectivity index is 1.61. The van der Waals surface area contributed by atoms with E-state index in [0.29, 0.717) is 0 Å². The van der Waals surface area contributed by atoms with E-state index in [4.69, 9.17) is 0 Å². The lowest BCUT2D eigenvalue weighted by molar-refractivity contribution is 1.16. The highest BCUT2D eigenvalue weighted by molar-refractivity contribution is 7.16. The second-order valence-electron chi connectivity index (χ2n) is 4.75. The Morgan fingerprint density at radius 1 is 1.15 bits per heavy atom. The maximum Gasteiger partial charge on any atom is 0.0813 e. The monoisotopic (exact) mass is 279 g/mol. The molecule has 2 heterocycles. The van der Waals surface area contributed by atoms with Gasteiger partial charge in [0.1, 0.15) is 0 Å². The minimum Gasteiger partial charge on any atom is -0.381 e. The molecule has 0 spiro atoms. The number of nitrogens with zero attached hydrogens (tertiary/aromatic N) is 1. The molecule has 2 aromatic carbocycles. The first-order valence-corrected chi connectivity index (χ1v) is 7.40. The molecule has 0 fully saturated rings. The quantitative estimate of drug-likeness (QED) is 0.584. The molecule has 3 nitrogen and oxygen atoms in total. The van der Waals surface area contributed by atoms with Gasteiger partial charge in [-0.2, -0.15) is 0 Å². The summed E-state index contributed by atoms with van der Waals surface area (Å²) in [5.74, 6) is 0. The number of anilines is 1. The molecule has 20 heavy (non-hydrogen) atoms. The molecule has 0 atom stereocenters. The molecule has 0 aliphatic rings. The average Bonchev–Trinajstić information content (AvgIpc) is 3.13. The molecule has 2 aromatic heterocycles. The summed E-state index contributed by atoms with van der Waals surface area (Å²) in [6.45, 7) is 0.808. The molecule has 4 rings (SSSR count). The van der Waals surface area contributed by atoms with E-state index in [-0.39, 0.29) is 0 Å². The van der Waals surface area contributed by atoms with Crippen LogP contribution in [0.4, 0.5) is 5.69 Å². The Labute approximate surface area is 120 Å². The molecule has 0 aliphatic carbocycles. The summed E-state index contributed by atoms with van der Waals surface area (Å²) in [5.41, 5.74) is 6.56. The zero-order valence-electron chi connectivity index (χ0n) is 10.8. The summed E-state index contributed by atoms with van der Waals surface area (Å²) in [6, 6.07) is 14.8. The van der Waals surface area contributed by atoms with Crippen LogP contribution in [-0.4, -0.2) is 9.97 Å². The number of aromatic amines is 1. The maximum absolute atomic E-state index is 4.30. The zero-order valence-corrected chi connectivity index (χ0v) is 11.6. The number of rotatable bonds is 3. The molecule has 4 heteroatoms. The highest BCUT2D eigenvalue weighted by atomic mass is 32.1. The number of nitrogens with one attached hydrogen (secondary N) is 2. The van der Waals surface area contributed by atoms with Crippen molar-refractivity contribution in [2.75, 3.05) is 5.32 Å². The molecule has 98 valence electrons. The Hall–Kier alpha value is -2.33. The Morgan fingerprint density at radius 3 is 3.15 bits per heavy atom. The normalized spacial score (nSPS) is 11.2. The van der Waals surface area contributed by atoms with Gasteiger partial charge in [-0.3, -0.25) is 0 Å². The molecule has 0 aliphatic heterocycles. The predicted octanol–water partition coefficient (Wildman–Crippen LogP) is 4.39. The van der Waals surface area contributed by atoms with E-state index in [9.17, 15) is 0 Å². The molecule has 0 radical (unpaired) electrons. The van der Waals surface area contributed by atoms with Gasteiger partial charge < -0.3 is 10.3 Å². The smallest absolute Gasteiger partial charge is 0.0813 e. The highest BCUT2D eigenvalue weighted by Gasteiger charge is 2.02. The van der Waals surface area contributed by atoms with E-state index in [2.05, 4.69) is 57.7 Å². The van der Waals surface area contributed by atoms with Crippen molar-refractivity contribution >= 4 is 38.1 Å². The number of para-hydroxylation sites is 1. The first kappa shape index (κ1) is 11.5. The highest BCUT2D eigenvalue weighted by Crippen LogP contribution is 2.23. The second-order valence-corrected chi connectivity index (χ2v) is 5.63. The first-order valence-electron chi connectivity index (χ1n) is 6.52. The van der Waals surface area contributed by atoms with Crippen LogP contribution in [0.1, 0.15) is 5.56 Å². The van der Waals surface area contributed by atoms with Crippen molar-refractivity contribution in [3.63, 3.8) is 0 Å². The number of thiazole rings is 1. The fourth-order valence-electron chi connectivity index (χ4n) is 2.46. The summed E-state index contributed by atoms with van der Waals surface area (Å²) in [7, 11) is 0. The van der Waals surface area contributed by atoms with Crippen LogP contribution in [0.5, 0.6) is 0 Å². The number of H-pyrrole nitrogens is 1. The third kappa shape index (κ3) is 1.94. The molecule has 0 amide bonds. The lowest BCUT2D eigenvalue weighted by Crippen LogP contribution is -1.99. The summed E-state index contributed by atoms with van der Waals surface area (Å²) in [5, 5.41) is 4.74. The Morgan fingerprint density at radius 2 is 2.15 bits per heavy atom. The van der Waals surface area contributed by atoms with Gasteiger partial charge in [-0.15, -0.1) is 11.3 Å². The fraction of sp³-hybridized carbons (Fsp3) is 0.0625.